The smallest absolute Gasteiger partial charge is 0.149 e. The summed E-state index contributed by atoms with van der Waals surface area (Å²) in [6, 6.07) is 10.3. The molecule has 1 unspecified atom stereocenters. The molecule has 1 heterocycles. The van der Waals surface area contributed by atoms with Crippen molar-refractivity contribution < 1.29 is 4.74 Å². The van der Waals surface area contributed by atoms with E-state index in [1.807, 2.05) is 18.2 Å². The number of rotatable bonds is 6. The molecule has 0 bridgehead atoms. The van der Waals surface area contributed by atoms with Gasteiger partial charge in [-0.2, -0.15) is 0 Å². The summed E-state index contributed by atoms with van der Waals surface area (Å²) in [4.78, 5) is 4.65. The maximum Gasteiger partial charge on any atom is 0.149 e. The monoisotopic (exact) mass is 231 g/mol. The van der Waals surface area contributed by atoms with Crippen molar-refractivity contribution >= 4 is 5.71 Å². The Morgan fingerprint density at radius 3 is 2.76 bits per heavy atom. The average Bonchev–Trinajstić information content (AvgIpc) is 2.85. The van der Waals surface area contributed by atoms with Crippen molar-refractivity contribution in [2.24, 2.45) is 4.99 Å². The Kier molecular flexibility index (Phi) is 4.75. The molecular formula is C15H21NO. The van der Waals surface area contributed by atoms with Crippen LogP contribution in [0.5, 0.6) is 0 Å². The number of benzene rings is 1. The summed E-state index contributed by atoms with van der Waals surface area (Å²) in [5, 5.41) is 0. The molecule has 92 valence electrons. The first kappa shape index (κ1) is 12.3. The molecule has 2 heteroatoms. The van der Waals surface area contributed by atoms with E-state index < -0.39 is 0 Å². The highest BCUT2D eigenvalue weighted by molar-refractivity contribution is 6.02. The van der Waals surface area contributed by atoms with Crippen LogP contribution in [-0.2, 0) is 4.74 Å². The van der Waals surface area contributed by atoms with E-state index in [0.29, 0.717) is 6.61 Å². The van der Waals surface area contributed by atoms with Crippen molar-refractivity contribution in [3.05, 3.63) is 35.9 Å². The highest BCUT2D eigenvalue weighted by atomic mass is 16.5. The lowest BCUT2D eigenvalue weighted by Gasteiger charge is -2.05. The largest absolute Gasteiger partial charge is 0.350 e. The summed E-state index contributed by atoms with van der Waals surface area (Å²) >= 11 is 0. The maximum atomic E-state index is 5.70. The number of hydrogen-bond donors (Lipinski definition) is 0. The van der Waals surface area contributed by atoms with Gasteiger partial charge in [-0.05, 0) is 18.4 Å². The normalized spacial score (nSPS) is 19.4. The summed E-state index contributed by atoms with van der Waals surface area (Å²) in [5.74, 6) is 0. The SMILES string of the molecule is CCCCCCC1N=C(c2ccccc2)CO1. The van der Waals surface area contributed by atoms with Gasteiger partial charge in [-0.1, -0.05) is 56.5 Å². The van der Waals surface area contributed by atoms with Crippen molar-refractivity contribution in [1.82, 2.24) is 0 Å². The first-order valence-corrected chi connectivity index (χ1v) is 6.64. The minimum Gasteiger partial charge on any atom is -0.350 e. The molecule has 1 aliphatic rings. The first-order chi connectivity index (χ1) is 8.40. The highest BCUT2D eigenvalue weighted by Crippen LogP contribution is 2.17. The number of aliphatic imine (C=N–C) groups is 1. The number of ether oxygens (including phenoxy) is 1. The van der Waals surface area contributed by atoms with Crippen LogP contribution in [0, 0.1) is 0 Å². The molecule has 0 radical (unpaired) electrons. The van der Waals surface area contributed by atoms with Crippen LogP contribution < -0.4 is 0 Å². The zero-order chi connectivity index (χ0) is 11.9. The Hall–Kier alpha value is -1.15. The van der Waals surface area contributed by atoms with Crippen LogP contribution in [0.25, 0.3) is 0 Å². The summed E-state index contributed by atoms with van der Waals surface area (Å²) in [6.07, 6.45) is 6.29. The highest BCUT2D eigenvalue weighted by Gasteiger charge is 2.18. The van der Waals surface area contributed by atoms with Crippen molar-refractivity contribution in [3.63, 3.8) is 0 Å². The molecule has 0 saturated carbocycles. The van der Waals surface area contributed by atoms with Crippen molar-refractivity contribution in [2.45, 2.75) is 45.3 Å². The molecule has 1 aliphatic heterocycles. The van der Waals surface area contributed by atoms with Crippen LogP contribution >= 0.6 is 0 Å². The van der Waals surface area contributed by atoms with E-state index in [-0.39, 0.29) is 6.23 Å². The summed E-state index contributed by atoms with van der Waals surface area (Å²) < 4.78 is 5.70. The molecule has 1 aromatic carbocycles. The molecule has 0 N–H and O–H groups in total. The summed E-state index contributed by atoms with van der Waals surface area (Å²) in [5.41, 5.74) is 2.30. The molecule has 0 fully saturated rings. The summed E-state index contributed by atoms with van der Waals surface area (Å²) in [6.45, 7) is 2.90. The Balaban J connectivity index is 1.82. The van der Waals surface area contributed by atoms with Gasteiger partial charge in [-0.3, -0.25) is 4.99 Å². The molecule has 0 amide bonds. The average molecular weight is 231 g/mol. The van der Waals surface area contributed by atoms with Gasteiger partial charge in [0.05, 0.1) is 12.3 Å². The maximum absolute atomic E-state index is 5.70. The minimum absolute atomic E-state index is 0.0991. The van der Waals surface area contributed by atoms with Crippen LogP contribution in [0.3, 0.4) is 0 Å². The van der Waals surface area contributed by atoms with Crippen molar-refractivity contribution in [2.75, 3.05) is 6.61 Å². The molecule has 2 nitrogen and oxygen atoms in total. The van der Waals surface area contributed by atoms with E-state index in [0.717, 1.165) is 12.1 Å². The lowest BCUT2D eigenvalue weighted by Crippen LogP contribution is -2.04. The van der Waals surface area contributed by atoms with Gasteiger partial charge in [0.1, 0.15) is 6.23 Å². The zero-order valence-corrected chi connectivity index (χ0v) is 10.6. The second kappa shape index (κ2) is 6.55. The zero-order valence-electron chi connectivity index (χ0n) is 10.6. The third kappa shape index (κ3) is 3.67. The van der Waals surface area contributed by atoms with Gasteiger partial charge in [-0.15, -0.1) is 0 Å². The van der Waals surface area contributed by atoms with E-state index in [2.05, 4.69) is 24.0 Å². The van der Waals surface area contributed by atoms with Gasteiger partial charge in [0.25, 0.3) is 0 Å². The third-order valence-corrected chi connectivity index (χ3v) is 3.12. The van der Waals surface area contributed by atoms with E-state index in [1.165, 1.54) is 31.2 Å². The predicted octanol–water partition coefficient (Wildman–Crippen LogP) is 3.80. The van der Waals surface area contributed by atoms with Gasteiger partial charge in [0, 0.05) is 0 Å². The standard InChI is InChI=1S/C15H21NO/c1-2-3-4-8-11-15-16-14(12-17-15)13-9-6-5-7-10-13/h5-7,9-10,15H,2-4,8,11-12H2,1H3. The molecule has 0 spiro atoms. The second-order valence-electron chi connectivity index (χ2n) is 4.56. The number of unbranched alkanes of at least 4 members (excludes halogenated alkanes) is 3. The van der Waals surface area contributed by atoms with Crippen LogP contribution in [0.2, 0.25) is 0 Å². The van der Waals surface area contributed by atoms with Crippen LogP contribution in [0.4, 0.5) is 0 Å². The van der Waals surface area contributed by atoms with Crippen molar-refractivity contribution in [3.8, 4) is 0 Å². The predicted molar refractivity (Wildman–Crippen MR) is 71.5 cm³/mol. The Morgan fingerprint density at radius 2 is 2.00 bits per heavy atom. The fourth-order valence-corrected chi connectivity index (χ4v) is 2.11. The molecule has 2 rings (SSSR count). The van der Waals surface area contributed by atoms with Crippen LogP contribution in [0.1, 0.15) is 44.6 Å². The molecular weight excluding hydrogens is 210 g/mol. The molecule has 1 aromatic rings. The molecule has 17 heavy (non-hydrogen) atoms. The van der Waals surface area contributed by atoms with E-state index >= 15 is 0 Å². The Morgan fingerprint density at radius 1 is 1.18 bits per heavy atom. The quantitative estimate of drug-likeness (QED) is 0.682. The topological polar surface area (TPSA) is 21.6 Å². The summed E-state index contributed by atoms with van der Waals surface area (Å²) in [7, 11) is 0. The fourth-order valence-electron chi connectivity index (χ4n) is 2.11. The van der Waals surface area contributed by atoms with Crippen molar-refractivity contribution in [1.29, 1.82) is 0 Å². The van der Waals surface area contributed by atoms with Gasteiger partial charge in [-0.25, -0.2) is 0 Å². The van der Waals surface area contributed by atoms with Crippen LogP contribution in [0.15, 0.2) is 35.3 Å². The lowest BCUT2D eigenvalue weighted by atomic mass is 10.1. The first-order valence-electron chi connectivity index (χ1n) is 6.64. The van der Waals surface area contributed by atoms with Gasteiger partial charge in [0.2, 0.25) is 0 Å². The number of nitrogens with zero attached hydrogens (tertiary/aromatic N) is 1. The van der Waals surface area contributed by atoms with Gasteiger partial charge in [0.15, 0.2) is 0 Å². The third-order valence-electron chi connectivity index (χ3n) is 3.12. The second-order valence-corrected chi connectivity index (χ2v) is 4.56. The van der Waals surface area contributed by atoms with E-state index in [4.69, 9.17) is 4.74 Å². The molecule has 1 atom stereocenters. The van der Waals surface area contributed by atoms with Gasteiger partial charge < -0.3 is 4.74 Å². The minimum atomic E-state index is 0.0991. The molecule has 0 saturated heterocycles. The fraction of sp³-hybridized carbons (Fsp3) is 0.533. The number of hydrogen-bond acceptors (Lipinski definition) is 2. The molecule has 0 aromatic heterocycles. The lowest BCUT2D eigenvalue weighted by molar-refractivity contribution is 0.0998. The molecule has 0 aliphatic carbocycles. The van der Waals surface area contributed by atoms with Gasteiger partial charge >= 0.3 is 0 Å². The van der Waals surface area contributed by atoms with E-state index in [1.54, 1.807) is 0 Å². The van der Waals surface area contributed by atoms with Crippen LogP contribution in [-0.4, -0.2) is 18.5 Å². The Labute approximate surface area is 104 Å². The Bertz CT molecular complexity index is 358. The van der Waals surface area contributed by atoms with E-state index in [9.17, 15) is 0 Å².